The fourth-order valence-electron chi connectivity index (χ4n) is 1.01. The lowest BCUT2D eigenvalue weighted by molar-refractivity contribution is 1.10. The number of anilines is 1. The minimum Gasteiger partial charge on any atom is -0.357 e. The first-order valence-corrected chi connectivity index (χ1v) is 3.39. The molecule has 0 bridgehead atoms. The summed E-state index contributed by atoms with van der Waals surface area (Å²) < 4.78 is 1.89. The van der Waals surface area contributed by atoms with Gasteiger partial charge in [-0.15, -0.1) is 10.2 Å². The highest BCUT2D eigenvalue weighted by Crippen LogP contribution is 2.05. The van der Waals surface area contributed by atoms with Crippen molar-refractivity contribution in [2.45, 2.75) is 0 Å². The van der Waals surface area contributed by atoms with Crippen molar-refractivity contribution in [3.63, 3.8) is 0 Å². The maximum Gasteiger partial charge on any atom is 0.228 e. The molecule has 2 aromatic heterocycles. The van der Waals surface area contributed by atoms with Gasteiger partial charge in [0.15, 0.2) is 5.65 Å². The molecular weight excluding hydrogens is 140 g/mol. The van der Waals surface area contributed by atoms with Crippen LogP contribution < -0.4 is 5.32 Å². The Bertz CT molecular complexity index is 365. The summed E-state index contributed by atoms with van der Waals surface area (Å²) in [6, 6.07) is 5.79. The van der Waals surface area contributed by atoms with Gasteiger partial charge in [0.2, 0.25) is 5.95 Å². The number of rotatable bonds is 1. The summed E-state index contributed by atoms with van der Waals surface area (Å²) >= 11 is 0. The van der Waals surface area contributed by atoms with Gasteiger partial charge in [0.25, 0.3) is 0 Å². The van der Waals surface area contributed by atoms with Crippen LogP contribution in [-0.4, -0.2) is 21.6 Å². The zero-order valence-corrected chi connectivity index (χ0v) is 6.15. The predicted molar refractivity (Wildman–Crippen MR) is 42.5 cm³/mol. The van der Waals surface area contributed by atoms with Gasteiger partial charge in [-0.2, -0.15) is 0 Å². The van der Waals surface area contributed by atoms with Gasteiger partial charge in [-0.25, -0.2) is 0 Å². The maximum atomic E-state index is 3.94. The molecule has 0 amide bonds. The molecule has 2 aromatic rings. The molecule has 56 valence electrons. The second-order valence-corrected chi connectivity index (χ2v) is 2.20. The molecule has 0 atom stereocenters. The van der Waals surface area contributed by atoms with E-state index in [1.54, 1.807) is 0 Å². The SMILES string of the molecule is CNc1nnc2ccccn12. The zero-order chi connectivity index (χ0) is 7.68. The molecule has 0 unspecified atom stereocenters. The molecule has 0 aliphatic rings. The molecule has 0 fully saturated rings. The summed E-state index contributed by atoms with van der Waals surface area (Å²) in [5, 5.41) is 10.8. The normalized spacial score (nSPS) is 10.3. The van der Waals surface area contributed by atoms with E-state index in [0.29, 0.717) is 0 Å². The van der Waals surface area contributed by atoms with Crippen molar-refractivity contribution in [3.05, 3.63) is 24.4 Å². The van der Waals surface area contributed by atoms with Crippen molar-refractivity contribution in [3.8, 4) is 0 Å². The Hall–Kier alpha value is -1.58. The molecule has 4 nitrogen and oxygen atoms in total. The van der Waals surface area contributed by atoms with E-state index in [2.05, 4.69) is 15.5 Å². The van der Waals surface area contributed by atoms with Crippen LogP contribution in [0.5, 0.6) is 0 Å². The second-order valence-electron chi connectivity index (χ2n) is 2.20. The first kappa shape index (κ1) is 6.15. The van der Waals surface area contributed by atoms with Gasteiger partial charge in [-0.1, -0.05) is 6.07 Å². The summed E-state index contributed by atoms with van der Waals surface area (Å²) in [4.78, 5) is 0. The van der Waals surface area contributed by atoms with Crippen LogP contribution in [0.15, 0.2) is 24.4 Å². The fraction of sp³-hybridized carbons (Fsp3) is 0.143. The Kier molecular flexibility index (Phi) is 1.25. The monoisotopic (exact) mass is 148 g/mol. The molecule has 0 aliphatic heterocycles. The second kappa shape index (κ2) is 2.23. The molecular formula is C7H8N4. The van der Waals surface area contributed by atoms with Gasteiger partial charge >= 0.3 is 0 Å². The summed E-state index contributed by atoms with van der Waals surface area (Å²) in [5.41, 5.74) is 0.858. The molecule has 1 N–H and O–H groups in total. The van der Waals surface area contributed by atoms with Gasteiger partial charge in [0, 0.05) is 13.2 Å². The van der Waals surface area contributed by atoms with Crippen molar-refractivity contribution in [2.24, 2.45) is 0 Å². The lowest BCUT2D eigenvalue weighted by atomic mass is 10.5. The van der Waals surface area contributed by atoms with Crippen molar-refractivity contribution in [2.75, 3.05) is 12.4 Å². The van der Waals surface area contributed by atoms with Gasteiger partial charge in [-0.3, -0.25) is 4.40 Å². The minimum absolute atomic E-state index is 0.764. The topological polar surface area (TPSA) is 42.2 Å². The lowest BCUT2D eigenvalue weighted by Crippen LogP contribution is -1.94. The summed E-state index contributed by atoms with van der Waals surface area (Å²) in [5.74, 6) is 0.764. The largest absolute Gasteiger partial charge is 0.357 e. The molecule has 11 heavy (non-hydrogen) atoms. The van der Waals surface area contributed by atoms with Crippen LogP contribution in [0.2, 0.25) is 0 Å². The van der Waals surface area contributed by atoms with Crippen molar-refractivity contribution in [1.29, 1.82) is 0 Å². The van der Waals surface area contributed by atoms with E-state index < -0.39 is 0 Å². The smallest absolute Gasteiger partial charge is 0.228 e. The van der Waals surface area contributed by atoms with Crippen LogP contribution in [0.25, 0.3) is 5.65 Å². The molecule has 0 spiro atoms. The predicted octanol–water partition coefficient (Wildman–Crippen LogP) is 0.771. The third kappa shape index (κ3) is 0.832. The number of aromatic nitrogens is 3. The molecule has 0 aliphatic carbocycles. The molecule has 2 heterocycles. The quantitative estimate of drug-likeness (QED) is 0.649. The summed E-state index contributed by atoms with van der Waals surface area (Å²) in [6.07, 6.45) is 1.92. The van der Waals surface area contributed by atoms with E-state index in [1.807, 2.05) is 35.8 Å². The van der Waals surface area contributed by atoms with Gasteiger partial charge in [-0.05, 0) is 12.1 Å². The van der Waals surface area contributed by atoms with Crippen molar-refractivity contribution >= 4 is 11.6 Å². The minimum atomic E-state index is 0.764. The average Bonchev–Trinajstić information content (AvgIpc) is 2.47. The number of fused-ring (bicyclic) bond motifs is 1. The number of pyridine rings is 1. The standard InChI is InChI=1S/C7H8N4/c1-8-7-10-9-6-4-2-3-5-11(6)7/h2-5H,1H3,(H,8,10). The molecule has 4 heteroatoms. The third-order valence-electron chi connectivity index (χ3n) is 1.54. The number of nitrogens with zero attached hydrogens (tertiary/aromatic N) is 3. The Labute approximate surface area is 63.9 Å². The molecule has 0 saturated carbocycles. The van der Waals surface area contributed by atoms with E-state index >= 15 is 0 Å². The summed E-state index contributed by atoms with van der Waals surface area (Å²) in [7, 11) is 1.82. The number of hydrogen-bond donors (Lipinski definition) is 1. The van der Waals surface area contributed by atoms with Crippen LogP contribution in [0.1, 0.15) is 0 Å². The summed E-state index contributed by atoms with van der Waals surface area (Å²) in [6.45, 7) is 0. The van der Waals surface area contributed by atoms with Crippen molar-refractivity contribution < 1.29 is 0 Å². The van der Waals surface area contributed by atoms with E-state index in [1.165, 1.54) is 0 Å². The highest BCUT2D eigenvalue weighted by molar-refractivity contribution is 5.44. The number of hydrogen-bond acceptors (Lipinski definition) is 3. The van der Waals surface area contributed by atoms with Gasteiger partial charge < -0.3 is 5.32 Å². The zero-order valence-electron chi connectivity index (χ0n) is 6.15. The Morgan fingerprint density at radius 3 is 3.09 bits per heavy atom. The van der Waals surface area contributed by atoms with Crippen LogP contribution in [-0.2, 0) is 0 Å². The first-order chi connectivity index (χ1) is 5.42. The molecule has 0 saturated heterocycles. The molecule has 0 radical (unpaired) electrons. The van der Waals surface area contributed by atoms with E-state index in [0.717, 1.165) is 11.6 Å². The fourth-order valence-corrected chi connectivity index (χ4v) is 1.01. The Morgan fingerprint density at radius 2 is 2.27 bits per heavy atom. The maximum absolute atomic E-state index is 3.94. The van der Waals surface area contributed by atoms with E-state index in [9.17, 15) is 0 Å². The van der Waals surface area contributed by atoms with Crippen LogP contribution >= 0.6 is 0 Å². The lowest BCUT2D eigenvalue weighted by Gasteiger charge is -1.94. The highest BCUT2D eigenvalue weighted by Gasteiger charge is 1.98. The first-order valence-electron chi connectivity index (χ1n) is 3.39. The van der Waals surface area contributed by atoms with Gasteiger partial charge in [0.05, 0.1) is 0 Å². The van der Waals surface area contributed by atoms with E-state index in [-0.39, 0.29) is 0 Å². The Morgan fingerprint density at radius 1 is 1.36 bits per heavy atom. The van der Waals surface area contributed by atoms with Crippen LogP contribution in [0.3, 0.4) is 0 Å². The number of nitrogens with one attached hydrogen (secondary N) is 1. The molecule has 0 aromatic carbocycles. The Balaban J connectivity index is 2.76. The third-order valence-corrected chi connectivity index (χ3v) is 1.54. The van der Waals surface area contributed by atoms with Crippen molar-refractivity contribution in [1.82, 2.24) is 14.6 Å². The van der Waals surface area contributed by atoms with E-state index in [4.69, 9.17) is 0 Å². The van der Waals surface area contributed by atoms with Crippen LogP contribution in [0.4, 0.5) is 5.95 Å². The van der Waals surface area contributed by atoms with Crippen LogP contribution in [0, 0.1) is 0 Å². The van der Waals surface area contributed by atoms with Gasteiger partial charge in [0.1, 0.15) is 0 Å². The highest BCUT2D eigenvalue weighted by atomic mass is 15.3. The molecule has 2 rings (SSSR count). The average molecular weight is 148 g/mol.